The van der Waals surface area contributed by atoms with Crippen molar-refractivity contribution in [3.63, 3.8) is 0 Å². The molecule has 0 heterocycles. The number of thiocarbonyl (C=S) groups is 1. The zero-order chi connectivity index (χ0) is 15.0. The van der Waals surface area contributed by atoms with Gasteiger partial charge in [0.1, 0.15) is 0 Å². The quantitative estimate of drug-likeness (QED) is 0.474. The van der Waals surface area contributed by atoms with Crippen molar-refractivity contribution in [2.24, 2.45) is 0 Å². The Morgan fingerprint density at radius 1 is 1.15 bits per heavy atom. The third-order valence-corrected chi connectivity index (χ3v) is 2.63. The van der Waals surface area contributed by atoms with E-state index in [4.69, 9.17) is 17.0 Å². The predicted octanol–water partition coefficient (Wildman–Crippen LogP) is 0.724. The molecular formula is C13H16N2O4S. The number of carbonyl (C=O) groups excluding carboxylic acids is 2. The van der Waals surface area contributed by atoms with Gasteiger partial charge in [0.05, 0.1) is 19.3 Å². The van der Waals surface area contributed by atoms with Gasteiger partial charge in [-0.05, 0) is 36.5 Å². The molecule has 1 amide bonds. The second-order valence-electron chi connectivity index (χ2n) is 3.77. The van der Waals surface area contributed by atoms with Gasteiger partial charge in [-0.2, -0.15) is 0 Å². The average molecular weight is 296 g/mol. The zero-order valence-electron chi connectivity index (χ0n) is 11.3. The summed E-state index contributed by atoms with van der Waals surface area (Å²) >= 11 is 4.96. The fourth-order valence-corrected chi connectivity index (χ4v) is 1.56. The fourth-order valence-electron chi connectivity index (χ4n) is 1.36. The minimum absolute atomic E-state index is 0.226. The molecule has 108 valence electrons. The Balaban J connectivity index is 2.55. The molecule has 2 N–H and O–H groups in total. The summed E-state index contributed by atoms with van der Waals surface area (Å²) in [7, 11) is 2.87. The number of amides is 1. The molecule has 0 unspecified atom stereocenters. The van der Waals surface area contributed by atoms with Gasteiger partial charge >= 0.3 is 5.97 Å². The summed E-state index contributed by atoms with van der Waals surface area (Å²) in [6.45, 7) is 1.00. The summed E-state index contributed by atoms with van der Waals surface area (Å²) in [5, 5.41) is 5.58. The van der Waals surface area contributed by atoms with Crippen molar-refractivity contribution in [2.45, 2.75) is 0 Å². The lowest BCUT2D eigenvalue weighted by Crippen LogP contribution is -2.40. The zero-order valence-corrected chi connectivity index (χ0v) is 12.1. The van der Waals surface area contributed by atoms with Crippen molar-refractivity contribution in [3.8, 4) is 0 Å². The van der Waals surface area contributed by atoms with Crippen LogP contribution in [0, 0.1) is 0 Å². The second kappa shape index (κ2) is 8.23. The Labute approximate surface area is 122 Å². The molecule has 1 aromatic carbocycles. The minimum Gasteiger partial charge on any atom is -0.465 e. The van der Waals surface area contributed by atoms with E-state index in [0.29, 0.717) is 24.3 Å². The van der Waals surface area contributed by atoms with Crippen molar-refractivity contribution in [1.29, 1.82) is 0 Å². The number of ether oxygens (including phenoxy) is 2. The number of hydrogen-bond acceptors (Lipinski definition) is 5. The molecular weight excluding hydrogens is 280 g/mol. The normalized spacial score (nSPS) is 9.70. The maximum absolute atomic E-state index is 11.9. The van der Waals surface area contributed by atoms with Crippen LogP contribution in [0.15, 0.2) is 24.3 Å². The number of hydrogen-bond donors (Lipinski definition) is 2. The SMILES string of the molecule is COCCNC(=S)NC(=O)c1ccc(C(=O)OC)cc1. The van der Waals surface area contributed by atoms with E-state index in [1.807, 2.05) is 0 Å². The van der Waals surface area contributed by atoms with Gasteiger partial charge in [-0.25, -0.2) is 4.79 Å². The van der Waals surface area contributed by atoms with E-state index >= 15 is 0 Å². The van der Waals surface area contributed by atoms with Crippen molar-refractivity contribution in [2.75, 3.05) is 27.4 Å². The van der Waals surface area contributed by atoms with Gasteiger partial charge in [0, 0.05) is 19.2 Å². The van der Waals surface area contributed by atoms with Crippen LogP contribution in [0.4, 0.5) is 0 Å². The molecule has 0 saturated heterocycles. The van der Waals surface area contributed by atoms with Gasteiger partial charge < -0.3 is 14.8 Å². The first-order valence-corrected chi connectivity index (χ1v) is 6.25. The molecule has 0 aliphatic rings. The summed E-state index contributed by atoms with van der Waals surface area (Å²) < 4.78 is 9.42. The Kier molecular flexibility index (Phi) is 6.61. The first-order valence-electron chi connectivity index (χ1n) is 5.85. The van der Waals surface area contributed by atoms with E-state index in [2.05, 4.69) is 15.4 Å². The molecule has 0 saturated carbocycles. The largest absolute Gasteiger partial charge is 0.465 e. The van der Waals surface area contributed by atoms with Crippen molar-refractivity contribution in [1.82, 2.24) is 10.6 Å². The summed E-state index contributed by atoms with van der Waals surface area (Å²) in [5.41, 5.74) is 0.776. The maximum Gasteiger partial charge on any atom is 0.337 e. The molecule has 6 nitrogen and oxygen atoms in total. The molecule has 0 aliphatic carbocycles. The highest BCUT2D eigenvalue weighted by atomic mass is 32.1. The molecule has 0 spiro atoms. The Bertz CT molecular complexity index is 488. The van der Waals surface area contributed by atoms with Crippen molar-refractivity contribution >= 4 is 29.2 Å². The number of esters is 1. The van der Waals surface area contributed by atoms with Gasteiger partial charge in [-0.15, -0.1) is 0 Å². The highest BCUT2D eigenvalue weighted by molar-refractivity contribution is 7.80. The fraction of sp³-hybridized carbons (Fsp3) is 0.308. The predicted molar refractivity (Wildman–Crippen MR) is 77.7 cm³/mol. The lowest BCUT2D eigenvalue weighted by molar-refractivity contribution is 0.0600. The van der Waals surface area contributed by atoms with Gasteiger partial charge in [0.25, 0.3) is 5.91 Å². The number of carbonyl (C=O) groups is 2. The van der Waals surface area contributed by atoms with Crippen LogP contribution >= 0.6 is 12.2 Å². The average Bonchev–Trinajstić information content (AvgIpc) is 2.46. The molecule has 0 atom stereocenters. The Morgan fingerprint density at radius 2 is 1.75 bits per heavy atom. The molecule has 0 fully saturated rings. The van der Waals surface area contributed by atoms with E-state index in [-0.39, 0.29) is 11.0 Å². The number of nitrogens with one attached hydrogen (secondary N) is 2. The van der Waals surface area contributed by atoms with Crippen LogP contribution in [-0.2, 0) is 9.47 Å². The Hall–Kier alpha value is -1.99. The van der Waals surface area contributed by atoms with Gasteiger partial charge in [0.15, 0.2) is 5.11 Å². The molecule has 7 heteroatoms. The maximum atomic E-state index is 11.9. The smallest absolute Gasteiger partial charge is 0.337 e. The van der Waals surface area contributed by atoms with Crippen LogP contribution in [-0.4, -0.2) is 44.4 Å². The van der Waals surface area contributed by atoms with Crippen LogP contribution in [0.1, 0.15) is 20.7 Å². The summed E-state index contributed by atoms with van der Waals surface area (Å²) in [6.07, 6.45) is 0. The van der Waals surface area contributed by atoms with Crippen molar-refractivity contribution < 1.29 is 19.1 Å². The molecule has 1 aromatic rings. The van der Waals surface area contributed by atoms with Gasteiger partial charge in [-0.1, -0.05) is 0 Å². The lowest BCUT2D eigenvalue weighted by Gasteiger charge is -2.09. The highest BCUT2D eigenvalue weighted by Gasteiger charge is 2.09. The highest BCUT2D eigenvalue weighted by Crippen LogP contribution is 2.05. The van der Waals surface area contributed by atoms with Crippen molar-refractivity contribution in [3.05, 3.63) is 35.4 Å². The first kappa shape index (κ1) is 16.1. The van der Waals surface area contributed by atoms with Crippen LogP contribution in [0.3, 0.4) is 0 Å². The molecule has 1 rings (SSSR count). The Morgan fingerprint density at radius 3 is 2.30 bits per heavy atom. The third-order valence-electron chi connectivity index (χ3n) is 2.39. The number of benzene rings is 1. The van der Waals surface area contributed by atoms with E-state index < -0.39 is 5.97 Å². The van der Waals surface area contributed by atoms with Gasteiger partial charge in [0.2, 0.25) is 0 Å². The standard InChI is InChI=1S/C13H16N2O4S/c1-18-8-7-14-13(20)15-11(16)9-3-5-10(6-4-9)12(17)19-2/h3-6H,7-8H2,1-2H3,(H2,14,15,16,20). The molecule has 0 aliphatic heterocycles. The summed E-state index contributed by atoms with van der Waals surface area (Å²) in [4.78, 5) is 23.1. The third kappa shape index (κ3) is 4.94. The van der Waals surface area contributed by atoms with Gasteiger partial charge in [-0.3, -0.25) is 10.1 Å². The number of rotatable bonds is 5. The van der Waals surface area contributed by atoms with E-state index in [1.165, 1.54) is 31.4 Å². The topological polar surface area (TPSA) is 76.7 Å². The summed E-state index contributed by atoms with van der Waals surface area (Å²) in [6, 6.07) is 6.09. The van der Waals surface area contributed by atoms with E-state index in [1.54, 1.807) is 7.11 Å². The molecule has 20 heavy (non-hydrogen) atoms. The first-order chi connectivity index (χ1) is 9.58. The van der Waals surface area contributed by atoms with Crippen LogP contribution in [0.5, 0.6) is 0 Å². The van der Waals surface area contributed by atoms with E-state index in [0.717, 1.165) is 0 Å². The number of methoxy groups -OCH3 is 2. The lowest BCUT2D eigenvalue weighted by atomic mass is 10.1. The monoisotopic (exact) mass is 296 g/mol. The molecule has 0 bridgehead atoms. The van der Waals surface area contributed by atoms with Crippen LogP contribution in [0.25, 0.3) is 0 Å². The van der Waals surface area contributed by atoms with Crippen LogP contribution < -0.4 is 10.6 Å². The van der Waals surface area contributed by atoms with E-state index in [9.17, 15) is 9.59 Å². The molecule has 0 aromatic heterocycles. The minimum atomic E-state index is -0.450. The molecule has 0 radical (unpaired) electrons. The second-order valence-corrected chi connectivity index (χ2v) is 4.18. The van der Waals surface area contributed by atoms with Crippen LogP contribution in [0.2, 0.25) is 0 Å². The summed E-state index contributed by atoms with van der Waals surface area (Å²) in [5.74, 6) is -0.801.